The predicted molar refractivity (Wildman–Crippen MR) is 167 cm³/mol. The van der Waals surface area contributed by atoms with Crippen LogP contribution >= 0.6 is 57.5 Å². The van der Waals surface area contributed by atoms with Gasteiger partial charge in [-0.05, 0) is 70.3 Å². The number of benzene rings is 3. The van der Waals surface area contributed by atoms with E-state index in [-0.39, 0.29) is 17.4 Å². The predicted octanol–water partition coefficient (Wildman–Crippen LogP) is 10.1. The Morgan fingerprint density at radius 3 is 1.73 bits per heavy atom. The lowest BCUT2D eigenvalue weighted by Crippen LogP contribution is -2.09. The van der Waals surface area contributed by atoms with E-state index in [1.165, 1.54) is 0 Å². The maximum absolute atomic E-state index is 10.8. The fourth-order valence-corrected chi connectivity index (χ4v) is 6.34. The number of carboxylic acid groups (broad SMARTS) is 1. The Kier molecular flexibility index (Phi) is 9.15. The van der Waals surface area contributed by atoms with Crippen molar-refractivity contribution in [1.29, 1.82) is 0 Å². The van der Waals surface area contributed by atoms with Crippen molar-refractivity contribution >= 4 is 69.0 Å². The van der Waals surface area contributed by atoms with Crippen LogP contribution < -0.4 is 9.47 Å². The van der Waals surface area contributed by atoms with Crippen molar-refractivity contribution < 1.29 is 19.4 Å². The zero-order chi connectivity index (χ0) is 28.1. The molecule has 4 nitrogen and oxygen atoms in total. The third-order valence-corrected chi connectivity index (χ3v) is 8.76. The highest BCUT2D eigenvalue weighted by atomic mass is 35.5. The molecule has 9 heteroatoms. The van der Waals surface area contributed by atoms with Crippen molar-refractivity contribution in [1.82, 2.24) is 0 Å². The molecule has 0 aliphatic heterocycles. The zero-order valence-electron chi connectivity index (χ0n) is 20.8. The second-order valence-corrected chi connectivity index (χ2v) is 12.4. The molecule has 0 fully saturated rings. The molecule has 0 saturated heterocycles. The first-order chi connectivity index (χ1) is 19.4. The number of carbonyl (C=O) groups is 1. The molecule has 40 heavy (non-hydrogen) atoms. The molecule has 0 aliphatic rings. The molecule has 0 aliphatic carbocycles. The number of carboxylic acids is 1. The highest BCUT2D eigenvalue weighted by Crippen LogP contribution is 2.35. The third kappa shape index (κ3) is 7.08. The lowest BCUT2D eigenvalue weighted by molar-refractivity contribution is -0.139. The number of aliphatic carboxylic acids is 1. The highest BCUT2D eigenvalue weighted by Gasteiger charge is 2.10. The normalized spacial score (nSPS) is 10.8. The number of thiophene rings is 2. The highest BCUT2D eigenvalue weighted by molar-refractivity contribution is 7.19. The maximum atomic E-state index is 10.8. The molecule has 0 spiro atoms. The summed E-state index contributed by atoms with van der Waals surface area (Å²) in [4.78, 5) is 13.0. The van der Waals surface area contributed by atoms with Gasteiger partial charge in [-0.15, -0.1) is 22.7 Å². The van der Waals surface area contributed by atoms with Crippen LogP contribution in [0.1, 0.15) is 11.1 Å². The maximum Gasteiger partial charge on any atom is 0.341 e. The van der Waals surface area contributed by atoms with E-state index in [0.29, 0.717) is 5.75 Å². The summed E-state index contributed by atoms with van der Waals surface area (Å²) in [5.74, 6) is -0.251. The van der Waals surface area contributed by atoms with Crippen molar-refractivity contribution in [2.24, 2.45) is 0 Å². The molecular formula is C31H21Cl3O4S2. The monoisotopic (exact) mass is 626 g/mol. The Balaban J connectivity index is 1.39. The summed E-state index contributed by atoms with van der Waals surface area (Å²) in [7, 11) is 0. The lowest BCUT2D eigenvalue weighted by atomic mass is 9.95. The van der Waals surface area contributed by atoms with E-state index in [1.54, 1.807) is 40.9 Å². The van der Waals surface area contributed by atoms with Gasteiger partial charge < -0.3 is 14.6 Å². The summed E-state index contributed by atoms with van der Waals surface area (Å²) in [5, 5.41) is 9.09. The van der Waals surface area contributed by atoms with Crippen LogP contribution in [-0.4, -0.2) is 24.3 Å². The number of rotatable bonds is 10. The van der Waals surface area contributed by atoms with Gasteiger partial charge in [-0.2, -0.15) is 0 Å². The minimum Gasteiger partial charge on any atom is -0.489 e. The van der Waals surface area contributed by atoms with Crippen LogP contribution in [0.4, 0.5) is 0 Å². The van der Waals surface area contributed by atoms with Crippen molar-refractivity contribution in [2.75, 3.05) is 13.2 Å². The standard InChI is InChI=1S/C31H21Cl3O4S2/c32-25-17-23(9-10-26(25)38-18-31(35)36)37-16-15-24(19-1-5-21(6-2-19)27-11-13-29(33)39-27)20-3-7-22(8-4-20)28-12-14-30(34)40-28/h1-15,17H,16,18H2,(H,35,36). The molecule has 0 saturated carbocycles. The second kappa shape index (κ2) is 12.9. The first-order valence-corrected chi connectivity index (χ1v) is 14.8. The molecule has 202 valence electrons. The Morgan fingerprint density at radius 2 is 1.27 bits per heavy atom. The number of ether oxygens (including phenoxy) is 2. The van der Waals surface area contributed by atoms with E-state index in [2.05, 4.69) is 48.5 Å². The van der Waals surface area contributed by atoms with Gasteiger partial charge in [-0.25, -0.2) is 4.79 Å². The topological polar surface area (TPSA) is 55.8 Å². The SMILES string of the molecule is O=C(O)COc1ccc(OCC=C(c2ccc(-c3ccc(Cl)s3)cc2)c2ccc(-c3ccc(Cl)s3)cc2)cc1Cl. The van der Waals surface area contributed by atoms with Crippen LogP contribution in [0.2, 0.25) is 13.7 Å². The van der Waals surface area contributed by atoms with Crippen LogP contribution in [0.15, 0.2) is 97.1 Å². The van der Waals surface area contributed by atoms with Crippen LogP contribution in [0, 0.1) is 0 Å². The molecule has 0 unspecified atom stereocenters. The summed E-state index contributed by atoms with van der Waals surface area (Å²) in [6.07, 6.45) is 2.02. The van der Waals surface area contributed by atoms with Gasteiger partial charge in [0, 0.05) is 15.8 Å². The van der Waals surface area contributed by atoms with E-state index in [4.69, 9.17) is 49.4 Å². The van der Waals surface area contributed by atoms with Gasteiger partial charge >= 0.3 is 5.97 Å². The fourth-order valence-electron chi connectivity index (χ4n) is 4.02. The van der Waals surface area contributed by atoms with Crippen molar-refractivity contribution in [3.05, 3.63) is 122 Å². The molecule has 0 atom stereocenters. The molecule has 5 aromatic rings. The van der Waals surface area contributed by atoms with Crippen LogP contribution in [0.25, 0.3) is 26.5 Å². The Hall–Kier alpha value is -3.26. The number of hydrogen-bond acceptors (Lipinski definition) is 5. The molecule has 2 heterocycles. The molecule has 0 bridgehead atoms. The quantitative estimate of drug-likeness (QED) is 0.167. The Labute approximate surface area is 254 Å². The molecule has 1 N–H and O–H groups in total. The van der Waals surface area contributed by atoms with Gasteiger partial charge in [0.2, 0.25) is 0 Å². The summed E-state index contributed by atoms with van der Waals surface area (Å²) in [6, 6.07) is 29.4. The number of hydrogen-bond donors (Lipinski definition) is 1. The van der Waals surface area contributed by atoms with Crippen LogP contribution in [0.3, 0.4) is 0 Å². The largest absolute Gasteiger partial charge is 0.489 e. The van der Waals surface area contributed by atoms with Crippen molar-refractivity contribution in [3.8, 4) is 32.4 Å². The fraction of sp³-hybridized carbons (Fsp3) is 0.0645. The van der Waals surface area contributed by atoms with E-state index >= 15 is 0 Å². The summed E-state index contributed by atoms with van der Waals surface area (Å²) in [6.45, 7) is -0.186. The van der Waals surface area contributed by atoms with E-state index in [9.17, 15) is 4.79 Å². The Morgan fingerprint density at radius 1 is 0.725 bits per heavy atom. The van der Waals surface area contributed by atoms with Crippen molar-refractivity contribution in [3.63, 3.8) is 0 Å². The number of halogens is 3. The van der Waals surface area contributed by atoms with Crippen LogP contribution in [-0.2, 0) is 4.79 Å². The van der Waals surface area contributed by atoms with Gasteiger partial charge in [-0.1, -0.05) is 83.3 Å². The molecule has 3 aromatic carbocycles. The smallest absolute Gasteiger partial charge is 0.341 e. The Bertz CT molecular complexity index is 1570. The third-order valence-electron chi connectivity index (χ3n) is 5.90. The first kappa shape index (κ1) is 28.3. The molecule has 0 amide bonds. The molecule has 5 rings (SSSR count). The minimum absolute atomic E-state index is 0.275. The molecular weight excluding hydrogens is 607 g/mol. The van der Waals surface area contributed by atoms with Gasteiger partial charge in [-0.3, -0.25) is 0 Å². The average Bonchev–Trinajstić information content (AvgIpc) is 3.59. The summed E-state index contributed by atoms with van der Waals surface area (Å²) >= 11 is 21.6. The van der Waals surface area contributed by atoms with Gasteiger partial charge in [0.1, 0.15) is 18.1 Å². The van der Waals surface area contributed by atoms with Gasteiger partial charge in [0.15, 0.2) is 6.61 Å². The van der Waals surface area contributed by atoms with Crippen molar-refractivity contribution in [2.45, 2.75) is 0 Å². The summed E-state index contributed by atoms with van der Waals surface area (Å²) in [5.41, 5.74) is 5.29. The molecule has 2 aromatic heterocycles. The van der Waals surface area contributed by atoms with Gasteiger partial charge in [0.25, 0.3) is 0 Å². The second-order valence-electron chi connectivity index (χ2n) is 8.57. The average molecular weight is 628 g/mol. The summed E-state index contributed by atoms with van der Waals surface area (Å²) < 4.78 is 12.7. The van der Waals surface area contributed by atoms with E-state index in [1.807, 2.05) is 30.3 Å². The minimum atomic E-state index is -1.08. The molecule has 0 radical (unpaired) electrons. The van der Waals surface area contributed by atoms with Crippen LogP contribution in [0.5, 0.6) is 11.5 Å². The lowest BCUT2D eigenvalue weighted by Gasteiger charge is -2.12. The zero-order valence-corrected chi connectivity index (χ0v) is 24.7. The first-order valence-electron chi connectivity index (χ1n) is 12.0. The van der Waals surface area contributed by atoms with Gasteiger partial charge in [0.05, 0.1) is 13.7 Å². The van der Waals surface area contributed by atoms with E-state index < -0.39 is 12.6 Å². The van der Waals surface area contributed by atoms with E-state index in [0.717, 1.165) is 46.3 Å².